The van der Waals surface area contributed by atoms with E-state index < -0.39 is 0 Å². The topological polar surface area (TPSA) is 37.1 Å². The zero-order valence-corrected chi connectivity index (χ0v) is 5.03. The lowest BCUT2D eigenvalue weighted by Crippen LogP contribution is -1.69. The van der Waals surface area contributed by atoms with Gasteiger partial charge in [0.1, 0.15) is 0 Å². The van der Waals surface area contributed by atoms with E-state index in [1.807, 2.05) is 0 Å². The molecule has 1 rings (SSSR count). The van der Waals surface area contributed by atoms with Gasteiger partial charge in [0.2, 0.25) is 0 Å². The molecule has 0 saturated heterocycles. The molecule has 1 aliphatic heterocycles. The number of nitrogens with zero attached hydrogens (tertiary/aromatic N) is 3. The van der Waals surface area contributed by atoms with Crippen LogP contribution in [-0.2, 0) is 0 Å². The van der Waals surface area contributed by atoms with Crippen LogP contribution in [0.4, 0.5) is 0 Å². The van der Waals surface area contributed by atoms with Gasteiger partial charge in [-0.2, -0.15) is 5.10 Å². The Labute approximate surface area is 45.7 Å². The van der Waals surface area contributed by atoms with E-state index in [4.69, 9.17) is 0 Å². The van der Waals surface area contributed by atoms with Crippen LogP contribution < -0.4 is 0 Å². The van der Waals surface area contributed by atoms with Crippen LogP contribution in [0.2, 0.25) is 0 Å². The van der Waals surface area contributed by atoms with E-state index in [1.54, 1.807) is 12.4 Å². The highest BCUT2D eigenvalue weighted by atomic mass is 127. The van der Waals surface area contributed by atoms with Crippen molar-refractivity contribution in [1.29, 1.82) is 0 Å². The molecule has 6 heavy (non-hydrogen) atoms. The predicted molar refractivity (Wildman–Crippen MR) is 33.4 cm³/mol. The van der Waals surface area contributed by atoms with Crippen molar-refractivity contribution in [3.63, 3.8) is 0 Å². The largest absolute Gasteiger partial charge is 0.209 e. The number of halogens is 1. The van der Waals surface area contributed by atoms with Crippen LogP contribution in [0.3, 0.4) is 0 Å². The monoisotopic (exact) mass is 195 g/mol. The van der Waals surface area contributed by atoms with Gasteiger partial charge in [-0.05, 0) is 0 Å². The van der Waals surface area contributed by atoms with Crippen molar-refractivity contribution in [2.24, 2.45) is 11.6 Å². The fourth-order valence-electron chi connectivity index (χ4n) is 0.144. The van der Waals surface area contributed by atoms with Crippen LogP contribution in [0.5, 0.6) is 0 Å². The second kappa shape index (κ2) is 2.12. The highest BCUT2D eigenvalue weighted by Crippen LogP contribution is 2.02. The number of hydrogen-bond acceptors (Lipinski definition) is 3. The first-order chi connectivity index (χ1) is 3.00. The van der Waals surface area contributed by atoms with Gasteiger partial charge in [0.25, 0.3) is 0 Å². The summed E-state index contributed by atoms with van der Waals surface area (Å²) in [5.41, 5.74) is 0. The molecule has 0 bridgehead atoms. The maximum atomic E-state index is 3.85. The third kappa shape index (κ3) is 0.925. The molecular formula is C2H2IN3. The molecule has 0 aromatic heterocycles. The normalized spacial score (nSPS) is 17.3. The predicted octanol–water partition coefficient (Wildman–Crippen LogP) is 1.13. The Morgan fingerprint density at radius 3 is 2.50 bits per heavy atom. The fourth-order valence-corrected chi connectivity index (χ4v) is 0.799. The standard InChI is InChI=1S/C2H2IN3/c1-2-5-6-3-4-1/h1-2H. The second-order valence-corrected chi connectivity index (χ2v) is 2.08. The lowest BCUT2D eigenvalue weighted by molar-refractivity contribution is 1.33. The Kier molecular flexibility index (Phi) is 1.43. The first kappa shape index (κ1) is 4.04. The molecule has 0 saturated carbocycles. The molecule has 1 heterocycles. The Hall–Kier alpha value is -0.130. The van der Waals surface area contributed by atoms with E-state index in [2.05, 4.69) is 11.6 Å². The molecule has 0 unspecified atom stereocenters. The Morgan fingerprint density at radius 2 is 2.33 bits per heavy atom. The number of hydrogen-bond donors (Lipinski definition) is 0. The SMILES string of the molecule is C1=NN=IN=C1. The van der Waals surface area contributed by atoms with E-state index >= 15 is 0 Å². The first-order valence-electron chi connectivity index (χ1n) is 1.39. The molecule has 0 aromatic rings. The maximum absolute atomic E-state index is 3.85. The fraction of sp³-hybridized carbons (Fsp3) is 0. The van der Waals surface area contributed by atoms with Crippen molar-refractivity contribution in [2.45, 2.75) is 0 Å². The average Bonchev–Trinajstić information content (AvgIpc) is 1.72. The van der Waals surface area contributed by atoms with E-state index in [1.165, 1.54) is 0 Å². The first-order valence-corrected chi connectivity index (χ1v) is 3.32. The van der Waals surface area contributed by atoms with Crippen LogP contribution in [0.25, 0.3) is 0 Å². The molecule has 0 radical (unpaired) electrons. The molecule has 3 nitrogen and oxygen atoms in total. The highest BCUT2D eigenvalue weighted by Gasteiger charge is 1.69. The van der Waals surface area contributed by atoms with Crippen molar-refractivity contribution in [1.82, 2.24) is 0 Å². The maximum Gasteiger partial charge on any atom is 0.167 e. The average molecular weight is 195 g/mol. The molecule has 0 aliphatic carbocycles. The van der Waals surface area contributed by atoms with Gasteiger partial charge in [-0.15, -0.1) is 3.25 Å². The van der Waals surface area contributed by atoms with Crippen LogP contribution in [0.15, 0.2) is 11.6 Å². The van der Waals surface area contributed by atoms with Crippen LogP contribution >= 0.6 is 21.3 Å². The lowest BCUT2D eigenvalue weighted by atomic mass is 10.8. The smallest absolute Gasteiger partial charge is 0.167 e. The Balaban J connectivity index is 2.77. The minimum absolute atomic E-state index is 0.289. The summed E-state index contributed by atoms with van der Waals surface area (Å²) in [6, 6.07) is 0. The Morgan fingerprint density at radius 1 is 1.33 bits per heavy atom. The van der Waals surface area contributed by atoms with Gasteiger partial charge < -0.3 is 0 Å². The Bertz CT molecular complexity index is 78.2. The van der Waals surface area contributed by atoms with E-state index in [9.17, 15) is 0 Å². The summed E-state index contributed by atoms with van der Waals surface area (Å²) < 4.78 is 7.50. The number of rotatable bonds is 0. The third-order valence-corrected chi connectivity index (χ3v) is 1.32. The molecule has 0 spiro atoms. The zero-order chi connectivity index (χ0) is 4.24. The van der Waals surface area contributed by atoms with Gasteiger partial charge >= 0.3 is 0 Å². The van der Waals surface area contributed by atoms with Gasteiger partial charge in [-0.25, -0.2) is 3.21 Å². The summed E-state index contributed by atoms with van der Waals surface area (Å²) in [5.74, 6) is 0. The minimum atomic E-state index is -0.289. The molecule has 4 heteroatoms. The van der Waals surface area contributed by atoms with Crippen LogP contribution in [0.1, 0.15) is 0 Å². The summed E-state index contributed by atoms with van der Waals surface area (Å²) in [6.45, 7) is 0. The van der Waals surface area contributed by atoms with Crippen molar-refractivity contribution < 1.29 is 0 Å². The molecule has 0 N–H and O–H groups in total. The van der Waals surface area contributed by atoms with Crippen molar-refractivity contribution in [3.05, 3.63) is 0 Å². The van der Waals surface area contributed by atoms with E-state index in [0.29, 0.717) is 0 Å². The van der Waals surface area contributed by atoms with Crippen LogP contribution in [0, 0.1) is 0 Å². The summed E-state index contributed by atoms with van der Waals surface area (Å²) in [6.07, 6.45) is 3.27. The summed E-state index contributed by atoms with van der Waals surface area (Å²) in [7, 11) is 0. The highest BCUT2D eigenvalue weighted by molar-refractivity contribution is 14.1. The molecule has 32 valence electrons. The van der Waals surface area contributed by atoms with Gasteiger partial charge in [0.15, 0.2) is 21.3 Å². The summed E-state index contributed by atoms with van der Waals surface area (Å²) in [5, 5.41) is 3.58. The van der Waals surface area contributed by atoms with E-state index in [-0.39, 0.29) is 21.3 Å². The lowest BCUT2D eigenvalue weighted by Gasteiger charge is -1.74. The van der Waals surface area contributed by atoms with Crippen LogP contribution in [-0.4, -0.2) is 12.4 Å². The molecule has 0 atom stereocenters. The van der Waals surface area contributed by atoms with Gasteiger partial charge in [-0.3, -0.25) is 0 Å². The molecule has 0 fully saturated rings. The van der Waals surface area contributed by atoms with Gasteiger partial charge in [0, 0.05) is 0 Å². The van der Waals surface area contributed by atoms with Crippen molar-refractivity contribution in [2.75, 3.05) is 0 Å². The molecule has 1 aliphatic rings. The van der Waals surface area contributed by atoms with E-state index in [0.717, 1.165) is 0 Å². The minimum Gasteiger partial charge on any atom is -0.209 e. The molecule has 0 amide bonds. The third-order valence-electron chi connectivity index (χ3n) is 0.311. The second-order valence-electron chi connectivity index (χ2n) is 0.662. The molecule has 0 aromatic carbocycles. The summed E-state index contributed by atoms with van der Waals surface area (Å²) in [4.78, 5) is 0. The van der Waals surface area contributed by atoms with Crippen molar-refractivity contribution >= 4 is 33.7 Å². The van der Waals surface area contributed by atoms with Gasteiger partial charge in [-0.1, -0.05) is 0 Å². The quantitative estimate of drug-likeness (QED) is 0.519. The summed E-state index contributed by atoms with van der Waals surface area (Å²) >= 11 is -0.289. The molecular weight excluding hydrogens is 193 g/mol. The van der Waals surface area contributed by atoms with Gasteiger partial charge in [0.05, 0.1) is 12.4 Å². The van der Waals surface area contributed by atoms with Crippen molar-refractivity contribution in [3.8, 4) is 0 Å². The zero-order valence-electron chi connectivity index (χ0n) is 2.87.